The maximum atomic E-state index is 9.60. The van der Waals surface area contributed by atoms with Crippen molar-refractivity contribution in [3.05, 3.63) is 77.4 Å². The highest BCUT2D eigenvalue weighted by molar-refractivity contribution is 7.80. The Hall–Kier alpha value is -2.86. The minimum atomic E-state index is -0.00234. The molecule has 1 aromatic carbocycles. The highest BCUT2D eigenvalue weighted by Gasteiger charge is 2.39. The Bertz CT molecular complexity index is 981. The lowest BCUT2D eigenvalue weighted by atomic mass is 9.97. The fraction of sp³-hybridized carbons (Fsp3) is 0.238. The molecule has 3 aromatic rings. The number of hydrogen-bond donors (Lipinski definition) is 2. The van der Waals surface area contributed by atoms with Crippen LogP contribution in [0, 0.1) is 13.8 Å². The van der Waals surface area contributed by atoms with Crippen LogP contribution in [-0.4, -0.2) is 31.7 Å². The number of hydrogen-bond acceptors (Lipinski definition) is 3. The van der Waals surface area contributed by atoms with Crippen LogP contribution in [0.15, 0.2) is 54.7 Å². The van der Waals surface area contributed by atoms with Crippen LogP contribution in [0.4, 0.5) is 0 Å². The van der Waals surface area contributed by atoms with E-state index in [0.717, 1.165) is 27.9 Å². The number of aryl methyl sites for hydroxylation is 1. The maximum absolute atomic E-state index is 9.60. The van der Waals surface area contributed by atoms with Gasteiger partial charge in [0.2, 0.25) is 0 Å². The van der Waals surface area contributed by atoms with Crippen molar-refractivity contribution in [3.8, 4) is 11.4 Å². The second kappa shape index (κ2) is 6.70. The first-order valence-electron chi connectivity index (χ1n) is 8.90. The lowest BCUT2D eigenvalue weighted by Gasteiger charge is -2.24. The second-order valence-electron chi connectivity index (χ2n) is 6.92. The van der Waals surface area contributed by atoms with Gasteiger partial charge in [0.25, 0.3) is 0 Å². The molecule has 6 heteroatoms. The first-order chi connectivity index (χ1) is 13.0. The molecule has 0 saturated carbocycles. The summed E-state index contributed by atoms with van der Waals surface area (Å²) in [4.78, 5) is 6.66. The number of pyridine rings is 1. The van der Waals surface area contributed by atoms with Crippen molar-refractivity contribution in [3.63, 3.8) is 0 Å². The summed E-state index contributed by atoms with van der Waals surface area (Å²) in [5.74, 6) is 0.265. The molecule has 138 valence electrons. The van der Waals surface area contributed by atoms with Crippen LogP contribution in [0.25, 0.3) is 5.69 Å². The van der Waals surface area contributed by atoms with E-state index in [1.165, 1.54) is 5.56 Å². The summed E-state index contributed by atoms with van der Waals surface area (Å²) in [5, 5.41) is 13.8. The minimum Gasteiger partial charge on any atom is -0.508 e. The zero-order valence-electron chi connectivity index (χ0n) is 15.5. The summed E-state index contributed by atoms with van der Waals surface area (Å²) in [6, 6.07) is 15.5. The number of aromatic hydroxyl groups is 1. The SMILES string of the molecule is Cc1cc([C@@H]2[C@@H](c3ccccn3)NC(=S)N2C)c(C)n1-c1ccc(O)cc1. The average molecular weight is 379 g/mol. The largest absolute Gasteiger partial charge is 0.508 e. The molecule has 0 radical (unpaired) electrons. The number of thiocarbonyl (C=S) groups is 1. The van der Waals surface area contributed by atoms with E-state index >= 15 is 0 Å². The van der Waals surface area contributed by atoms with Gasteiger partial charge in [-0.05, 0) is 74.1 Å². The van der Waals surface area contributed by atoms with Crippen LogP contribution in [-0.2, 0) is 0 Å². The molecule has 2 atom stereocenters. The molecule has 4 rings (SSSR count). The number of nitrogens with zero attached hydrogens (tertiary/aromatic N) is 3. The second-order valence-corrected chi connectivity index (χ2v) is 7.30. The monoisotopic (exact) mass is 378 g/mol. The van der Waals surface area contributed by atoms with E-state index in [4.69, 9.17) is 12.2 Å². The third-order valence-corrected chi connectivity index (χ3v) is 5.64. The van der Waals surface area contributed by atoms with Crippen LogP contribution in [0.5, 0.6) is 5.75 Å². The number of benzene rings is 1. The van der Waals surface area contributed by atoms with Crippen molar-refractivity contribution < 1.29 is 5.11 Å². The van der Waals surface area contributed by atoms with Crippen molar-refractivity contribution in [2.45, 2.75) is 25.9 Å². The quantitative estimate of drug-likeness (QED) is 0.679. The predicted octanol–water partition coefficient (Wildman–Crippen LogP) is 3.80. The van der Waals surface area contributed by atoms with E-state index in [2.05, 4.69) is 39.7 Å². The van der Waals surface area contributed by atoms with Gasteiger partial charge in [-0.2, -0.15) is 0 Å². The molecule has 0 bridgehead atoms. The molecule has 27 heavy (non-hydrogen) atoms. The third-order valence-electron chi connectivity index (χ3n) is 5.24. The summed E-state index contributed by atoms with van der Waals surface area (Å²) < 4.78 is 2.21. The smallest absolute Gasteiger partial charge is 0.169 e. The van der Waals surface area contributed by atoms with Gasteiger partial charge in [-0.25, -0.2) is 0 Å². The van der Waals surface area contributed by atoms with Gasteiger partial charge in [-0.1, -0.05) is 6.07 Å². The maximum Gasteiger partial charge on any atom is 0.169 e. The molecule has 2 aromatic heterocycles. The van der Waals surface area contributed by atoms with Crippen LogP contribution in [0.3, 0.4) is 0 Å². The predicted molar refractivity (Wildman–Crippen MR) is 110 cm³/mol. The van der Waals surface area contributed by atoms with E-state index in [1.54, 1.807) is 12.1 Å². The minimum absolute atomic E-state index is 0.00234. The Morgan fingerprint density at radius 2 is 1.85 bits per heavy atom. The van der Waals surface area contributed by atoms with Crippen molar-refractivity contribution >= 4 is 17.3 Å². The molecule has 2 N–H and O–H groups in total. The molecular formula is C21H22N4OS. The van der Waals surface area contributed by atoms with Crippen LogP contribution in [0.2, 0.25) is 0 Å². The summed E-state index contributed by atoms with van der Waals surface area (Å²) in [6.45, 7) is 4.22. The zero-order valence-corrected chi connectivity index (χ0v) is 16.4. The van der Waals surface area contributed by atoms with E-state index in [9.17, 15) is 5.11 Å². The molecule has 0 spiro atoms. The van der Waals surface area contributed by atoms with Gasteiger partial charge in [-0.3, -0.25) is 4.98 Å². The van der Waals surface area contributed by atoms with E-state index < -0.39 is 0 Å². The molecular weight excluding hydrogens is 356 g/mol. The van der Waals surface area contributed by atoms with Crippen molar-refractivity contribution in [1.82, 2.24) is 19.8 Å². The topological polar surface area (TPSA) is 53.3 Å². The van der Waals surface area contributed by atoms with Crippen LogP contribution >= 0.6 is 12.2 Å². The number of rotatable bonds is 3. The van der Waals surface area contributed by atoms with Gasteiger partial charge < -0.3 is 19.9 Å². The van der Waals surface area contributed by atoms with Crippen LogP contribution in [0.1, 0.15) is 34.7 Å². The first kappa shape index (κ1) is 17.5. The molecule has 1 fully saturated rings. The molecule has 0 aliphatic carbocycles. The van der Waals surface area contributed by atoms with Gasteiger partial charge in [0.05, 0.1) is 17.8 Å². The molecule has 3 heterocycles. The average Bonchev–Trinajstić information content (AvgIpc) is 3.12. The molecule has 5 nitrogen and oxygen atoms in total. The summed E-state index contributed by atoms with van der Waals surface area (Å²) in [6.07, 6.45) is 1.81. The van der Waals surface area contributed by atoms with Crippen molar-refractivity contribution in [2.75, 3.05) is 7.05 Å². The number of nitrogens with one attached hydrogen (secondary N) is 1. The molecule has 1 saturated heterocycles. The molecule has 0 unspecified atom stereocenters. The highest BCUT2D eigenvalue weighted by Crippen LogP contribution is 2.40. The van der Waals surface area contributed by atoms with E-state index in [0.29, 0.717) is 0 Å². The van der Waals surface area contributed by atoms with E-state index in [1.807, 2.05) is 43.6 Å². The number of phenols is 1. The number of phenolic OH excluding ortho intramolecular Hbond substituents is 1. The Balaban J connectivity index is 1.81. The van der Waals surface area contributed by atoms with Gasteiger partial charge in [0.1, 0.15) is 5.75 Å². The van der Waals surface area contributed by atoms with Gasteiger partial charge in [0.15, 0.2) is 5.11 Å². The van der Waals surface area contributed by atoms with Gasteiger partial charge in [-0.15, -0.1) is 0 Å². The number of likely N-dealkylation sites (N-methyl/N-ethyl adjacent to an activating group) is 1. The lowest BCUT2D eigenvalue weighted by Crippen LogP contribution is -2.25. The number of aromatic nitrogens is 2. The zero-order chi connectivity index (χ0) is 19.1. The lowest BCUT2D eigenvalue weighted by molar-refractivity contribution is 0.367. The van der Waals surface area contributed by atoms with Gasteiger partial charge >= 0.3 is 0 Å². The molecule has 1 aliphatic heterocycles. The summed E-state index contributed by atoms with van der Waals surface area (Å²) in [7, 11) is 2.02. The normalized spacial score (nSPS) is 19.4. The summed E-state index contributed by atoms with van der Waals surface area (Å²) in [5.41, 5.74) is 5.51. The molecule has 1 aliphatic rings. The van der Waals surface area contributed by atoms with Crippen molar-refractivity contribution in [1.29, 1.82) is 0 Å². The summed E-state index contributed by atoms with van der Waals surface area (Å²) >= 11 is 5.54. The van der Waals surface area contributed by atoms with Gasteiger partial charge in [0, 0.05) is 30.3 Å². The Morgan fingerprint density at radius 1 is 1.11 bits per heavy atom. The Labute approximate surface area is 164 Å². The Kier molecular flexibility index (Phi) is 4.36. The van der Waals surface area contributed by atoms with Crippen molar-refractivity contribution in [2.24, 2.45) is 0 Å². The van der Waals surface area contributed by atoms with E-state index in [-0.39, 0.29) is 17.8 Å². The van der Waals surface area contributed by atoms with Crippen LogP contribution < -0.4 is 5.32 Å². The fourth-order valence-corrected chi connectivity index (χ4v) is 4.17. The molecule has 0 amide bonds. The Morgan fingerprint density at radius 3 is 2.52 bits per heavy atom. The first-order valence-corrected chi connectivity index (χ1v) is 9.30. The standard InChI is InChI=1S/C21H22N4OS/c1-13-12-17(14(2)25(13)15-7-9-16(26)10-8-15)20-19(23-21(27)24(20)3)18-6-4-5-11-22-18/h4-12,19-20,26H,1-3H3,(H,23,27)/t19-,20-/m1/s1. The highest BCUT2D eigenvalue weighted by atomic mass is 32.1. The fourth-order valence-electron chi connectivity index (χ4n) is 3.93. The third kappa shape index (κ3) is 2.96.